The Morgan fingerprint density at radius 1 is 0.783 bits per heavy atom. The van der Waals surface area contributed by atoms with Crippen LogP contribution in [0.1, 0.15) is 22.3 Å². The van der Waals surface area contributed by atoms with Crippen LogP contribution in [0.15, 0.2) is 72.8 Å². The van der Waals surface area contributed by atoms with Crippen LogP contribution < -0.4 is 5.32 Å². The van der Waals surface area contributed by atoms with Crippen LogP contribution >= 0.6 is 0 Å². The Hall–Kier alpha value is -2.94. The van der Waals surface area contributed by atoms with Gasteiger partial charge in [-0.3, -0.25) is 9.59 Å². The average molecular weight is 303 g/mol. The van der Waals surface area contributed by atoms with Gasteiger partial charge >= 0.3 is 0 Å². The largest absolute Gasteiger partial charge is 0.352 e. The molecule has 3 rings (SSSR count). The van der Waals surface area contributed by atoms with Crippen molar-refractivity contribution in [1.29, 1.82) is 0 Å². The summed E-state index contributed by atoms with van der Waals surface area (Å²) in [4.78, 5) is 23.9. The third-order valence-corrected chi connectivity index (χ3v) is 3.72. The second kappa shape index (κ2) is 6.88. The van der Waals surface area contributed by atoms with Crippen molar-refractivity contribution in [3.05, 3.63) is 83.9 Å². The molecule has 0 radical (unpaired) electrons. The fraction of sp³-hybridized carbons (Fsp3) is 0.100. The number of benzene rings is 3. The number of fused-ring (bicyclic) bond motifs is 1. The molecule has 1 amide bonds. The van der Waals surface area contributed by atoms with Gasteiger partial charge in [-0.2, -0.15) is 0 Å². The van der Waals surface area contributed by atoms with Crippen molar-refractivity contribution in [3.63, 3.8) is 0 Å². The molecule has 3 aromatic carbocycles. The predicted octanol–water partition coefficient (Wildman–Crippen LogP) is 3.73. The quantitative estimate of drug-likeness (QED) is 0.576. The highest BCUT2D eigenvalue weighted by atomic mass is 16.2. The van der Waals surface area contributed by atoms with Crippen molar-refractivity contribution < 1.29 is 9.59 Å². The lowest BCUT2D eigenvalue weighted by molar-refractivity contribution is -0.120. The van der Waals surface area contributed by atoms with Crippen LogP contribution in [0.4, 0.5) is 0 Å². The normalized spacial score (nSPS) is 10.4. The minimum absolute atomic E-state index is 0.127. The second-order valence-electron chi connectivity index (χ2n) is 5.42. The number of hydrogen-bond donors (Lipinski definition) is 1. The maximum absolute atomic E-state index is 12.0. The van der Waals surface area contributed by atoms with E-state index in [1.807, 2.05) is 36.4 Å². The van der Waals surface area contributed by atoms with E-state index in [4.69, 9.17) is 0 Å². The van der Waals surface area contributed by atoms with Gasteiger partial charge in [0.25, 0.3) is 0 Å². The van der Waals surface area contributed by atoms with Crippen molar-refractivity contribution in [3.8, 4) is 0 Å². The maximum atomic E-state index is 12.0. The Morgan fingerprint density at radius 3 is 2.26 bits per heavy atom. The van der Waals surface area contributed by atoms with Gasteiger partial charge in [-0.1, -0.05) is 66.7 Å². The molecular formula is C20H17NO2. The third-order valence-electron chi connectivity index (χ3n) is 3.72. The zero-order valence-corrected chi connectivity index (χ0v) is 12.7. The summed E-state index contributed by atoms with van der Waals surface area (Å²) in [7, 11) is 0. The Bertz CT molecular complexity index is 840. The number of nitrogens with one attached hydrogen (secondary N) is 1. The van der Waals surface area contributed by atoms with E-state index in [-0.39, 0.29) is 18.1 Å². The summed E-state index contributed by atoms with van der Waals surface area (Å²) >= 11 is 0. The van der Waals surface area contributed by atoms with Crippen molar-refractivity contribution in [2.75, 3.05) is 0 Å². The van der Waals surface area contributed by atoms with E-state index < -0.39 is 0 Å². The summed E-state index contributed by atoms with van der Waals surface area (Å²) < 4.78 is 0. The van der Waals surface area contributed by atoms with Gasteiger partial charge in [0.1, 0.15) is 0 Å². The molecule has 0 aliphatic rings. The number of Topliss-reactive ketones (excluding diaryl/α,β-unsaturated/α-hetero) is 1. The number of hydrogen-bond acceptors (Lipinski definition) is 2. The maximum Gasteiger partial charge on any atom is 0.228 e. The van der Waals surface area contributed by atoms with Crippen molar-refractivity contribution in [1.82, 2.24) is 5.32 Å². The van der Waals surface area contributed by atoms with Crippen LogP contribution in [0.3, 0.4) is 0 Å². The summed E-state index contributed by atoms with van der Waals surface area (Å²) in [6.07, 6.45) is -0.127. The van der Waals surface area contributed by atoms with Crippen LogP contribution in [0.25, 0.3) is 10.8 Å². The van der Waals surface area contributed by atoms with Gasteiger partial charge in [-0.05, 0) is 22.4 Å². The molecule has 0 aliphatic heterocycles. The highest BCUT2D eigenvalue weighted by molar-refractivity contribution is 6.07. The fourth-order valence-corrected chi connectivity index (χ4v) is 2.48. The number of rotatable bonds is 5. The zero-order valence-electron chi connectivity index (χ0n) is 12.7. The highest BCUT2D eigenvalue weighted by Gasteiger charge is 2.11. The van der Waals surface area contributed by atoms with E-state index in [1.54, 1.807) is 24.3 Å². The summed E-state index contributed by atoms with van der Waals surface area (Å²) in [5, 5.41) is 5.11. The molecule has 0 unspecified atom stereocenters. The van der Waals surface area contributed by atoms with Gasteiger partial charge in [-0.25, -0.2) is 0 Å². The molecule has 0 saturated heterocycles. The molecule has 0 bridgehead atoms. The minimum Gasteiger partial charge on any atom is -0.352 e. The van der Waals surface area contributed by atoms with Crippen LogP contribution in [-0.4, -0.2) is 11.7 Å². The molecule has 0 spiro atoms. The third kappa shape index (κ3) is 3.83. The van der Waals surface area contributed by atoms with Gasteiger partial charge in [0.2, 0.25) is 5.91 Å². The molecule has 3 heteroatoms. The van der Waals surface area contributed by atoms with E-state index in [2.05, 4.69) is 17.4 Å². The van der Waals surface area contributed by atoms with E-state index in [1.165, 1.54) is 5.39 Å². The number of carbonyl (C=O) groups is 2. The van der Waals surface area contributed by atoms with Gasteiger partial charge in [-0.15, -0.1) is 0 Å². The molecule has 0 aromatic heterocycles. The monoisotopic (exact) mass is 303 g/mol. The summed E-state index contributed by atoms with van der Waals surface area (Å²) in [6.45, 7) is 0.422. The second-order valence-corrected chi connectivity index (χ2v) is 5.42. The molecule has 3 aromatic rings. The Morgan fingerprint density at radius 2 is 1.48 bits per heavy atom. The van der Waals surface area contributed by atoms with Gasteiger partial charge in [0.05, 0.1) is 6.42 Å². The average Bonchev–Trinajstić information content (AvgIpc) is 2.60. The number of amides is 1. The fourth-order valence-electron chi connectivity index (χ4n) is 2.48. The molecule has 1 N–H and O–H groups in total. The topological polar surface area (TPSA) is 46.2 Å². The summed E-state index contributed by atoms with van der Waals surface area (Å²) in [5.74, 6) is -0.423. The molecule has 3 nitrogen and oxygen atoms in total. The standard InChI is InChI=1S/C20H17NO2/c22-19(17-7-2-1-3-8-17)13-20(23)21-14-15-10-11-16-6-4-5-9-18(16)12-15/h1-12H,13-14H2,(H,21,23). The van der Waals surface area contributed by atoms with Crippen LogP contribution in [0, 0.1) is 0 Å². The first-order valence-electron chi connectivity index (χ1n) is 7.55. The first-order chi connectivity index (χ1) is 11.2. The van der Waals surface area contributed by atoms with E-state index >= 15 is 0 Å². The molecule has 114 valence electrons. The molecule has 0 atom stereocenters. The first-order valence-corrected chi connectivity index (χ1v) is 7.55. The smallest absolute Gasteiger partial charge is 0.228 e. The summed E-state index contributed by atoms with van der Waals surface area (Å²) in [6, 6.07) is 23.0. The Labute approximate surface area is 135 Å². The molecule has 23 heavy (non-hydrogen) atoms. The molecule has 0 aliphatic carbocycles. The Balaban J connectivity index is 1.58. The number of carbonyl (C=O) groups excluding carboxylic acids is 2. The van der Waals surface area contributed by atoms with Crippen LogP contribution in [-0.2, 0) is 11.3 Å². The summed E-state index contributed by atoms with van der Waals surface area (Å²) in [5.41, 5.74) is 1.58. The van der Waals surface area contributed by atoms with Crippen LogP contribution in [0.5, 0.6) is 0 Å². The minimum atomic E-state index is -0.257. The van der Waals surface area contributed by atoms with Gasteiger partial charge < -0.3 is 5.32 Å². The van der Waals surface area contributed by atoms with Crippen molar-refractivity contribution in [2.24, 2.45) is 0 Å². The van der Waals surface area contributed by atoms with Crippen LogP contribution in [0.2, 0.25) is 0 Å². The highest BCUT2D eigenvalue weighted by Crippen LogP contribution is 2.15. The van der Waals surface area contributed by atoms with Crippen molar-refractivity contribution in [2.45, 2.75) is 13.0 Å². The SMILES string of the molecule is O=C(CC(=O)c1ccccc1)NCc1ccc2ccccc2c1. The molecule has 0 heterocycles. The zero-order chi connectivity index (χ0) is 16.1. The van der Waals surface area contributed by atoms with E-state index in [0.29, 0.717) is 12.1 Å². The van der Waals surface area contributed by atoms with E-state index in [0.717, 1.165) is 10.9 Å². The lowest BCUT2D eigenvalue weighted by Gasteiger charge is -2.06. The first kappa shape index (κ1) is 15.0. The van der Waals surface area contributed by atoms with Crippen molar-refractivity contribution >= 4 is 22.5 Å². The Kier molecular flexibility index (Phi) is 4.48. The number of ketones is 1. The lowest BCUT2D eigenvalue weighted by Crippen LogP contribution is -2.25. The molecule has 0 saturated carbocycles. The van der Waals surface area contributed by atoms with E-state index in [9.17, 15) is 9.59 Å². The lowest BCUT2D eigenvalue weighted by atomic mass is 10.1. The predicted molar refractivity (Wildman–Crippen MR) is 91.2 cm³/mol. The van der Waals surface area contributed by atoms with Gasteiger partial charge in [0, 0.05) is 12.1 Å². The molecule has 0 fully saturated rings. The van der Waals surface area contributed by atoms with Gasteiger partial charge in [0.15, 0.2) is 5.78 Å². The molecular weight excluding hydrogens is 286 g/mol.